The van der Waals surface area contributed by atoms with Gasteiger partial charge in [0.25, 0.3) is 5.91 Å². The summed E-state index contributed by atoms with van der Waals surface area (Å²) in [4.78, 5) is 23.3. The molecule has 6 nitrogen and oxygen atoms in total. The lowest BCUT2D eigenvalue weighted by Crippen LogP contribution is -2.32. The summed E-state index contributed by atoms with van der Waals surface area (Å²) in [5.41, 5.74) is 0.499. The van der Waals surface area contributed by atoms with Gasteiger partial charge in [-0.05, 0) is 44.2 Å². The quantitative estimate of drug-likeness (QED) is 0.882. The predicted octanol–water partition coefficient (Wildman–Crippen LogP) is 3.34. The molecular weight excluding hydrogens is 308 g/mol. The maximum absolute atomic E-state index is 11.7. The highest BCUT2D eigenvalue weighted by Crippen LogP contribution is 2.26. The van der Waals surface area contributed by atoms with E-state index < -0.39 is 6.09 Å². The Hall–Kier alpha value is -3.02. The zero-order valence-corrected chi connectivity index (χ0v) is 13.8. The van der Waals surface area contributed by atoms with Gasteiger partial charge in [-0.15, -0.1) is 0 Å². The molecule has 0 saturated carbocycles. The van der Waals surface area contributed by atoms with Crippen molar-refractivity contribution in [3.05, 3.63) is 54.1 Å². The van der Waals surface area contributed by atoms with Crippen LogP contribution < -0.4 is 20.1 Å². The van der Waals surface area contributed by atoms with Crippen molar-refractivity contribution in [3.8, 4) is 17.2 Å². The molecule has 0 bridgehead atoms. The molecule has 2 amide bonds. The number of hydrogen-bond donors (Lipinski definition) is 2. The van der Waals surface area contributed by atoms with Gasteiger partial charge in [-0.25, -0.2) is 4.79 Å². The van der Waals surface area contributed by atoms with Gasteiger partial charge in [0, 0.05) is 24.7 Å². The molecule has 0 unspecified atom stereocenters. The fourth-order valence-corrected chi connectivity index (χ4v) is 1.95. The largest absolute Gasteiger partial charge is 0.457 e. The van der Waals surface area contributed by atoms with Crippen molar-refractivity contribution in [2.45, 2.75) is 19.9 Å². The molecule has 0 aliphatic rings. The van der Waals surface area contributed by atoms with Crippen LogP contribution in [0.4, 0.5) is 4.79 Å². The molecule has 0 atom stereocenters. The fourth-order valence-electron chi connectivity index (χ4n) is 1.95. The van der Waals surface area contributed by atoms with Gasteiger partial charge >= 0.3 is 6.09 Å². The number of carbonyl (C=O) groups excluding carboxylic acids is 2. The first-order valence-corrected chi connectivity index (χ1v) is 7.56. The second-order valence-corrected chi connectivity index (χ2v) is 5.37. The second kappa shape index (κ2) is 8.01. The van der Waals surface area contributed by atoms with Crippen LogP contribution >= 0.6 is 0 Å². The van der Waals surface area contributed by atoms with Crippen LogP contribution in [0, 0.1) is 0 Å². The Bertz CT molecular complexity index is 728. The number of carbonyl (C=O) groups is 2. The summed E-state index contributed by atoms with van der Waals surface area (Å²) < 4.78 is 10.9. The number of benzene rings is 2. The summed E-state index contributed by atoms with van der Waals surface area (Å²) in [6.45, 7) is 3.69. The van der Waals surface area contributed by atoms with Gasteiger partial charge in [-0.2, -0.15) is 0 Å². The minimum atomic E-state index is -0.524. The van der Waals surface area contributed by atoms with Gasteiger partial charge in [-0.3, -0.25) is 4.79 Å². The fraction of sp³-hybridized carbons (Fsp3) is 0.222. The smallest absolute Gasteiger partial charge is 0.412 e. The molecule has 2 aromatic carbocycles. The van der Waals surface area contributed by atoms with Gasteiger partial charge < -0.3 is 20.1 Å². The van der Waals surface area contributed by atoms with Crippen molar-refractivity contribution >= 4 is 12.0 Å². The van der Waals surface area contributed by atoms with Crippen LogP contribution in [0.25, 0.3) is 0 Å². The van der Waals surface area contributed by atoms with E-state index in [1.54, 1.807) is 55.6 Å². The SMILES string of the molecule is CNC(=O)c1cccc(Oc2cccc(OC(=O)NC(C)C)c2)c1. The Morgan fingerprint density at radius 1 is 0.958 bits per heavy atom. The van der Waals surface area contributed by atoms with Gasteiger partial charge in [0.15, 0.2) is 0 Å². The number of ether oxygens (including phenoxy) is 2. The Balaban J connectivity index is 2.09. The van der Waals surface area contributed by atoms with Crippen LogP contribution in [0.5, 0.6) is 17.2 Å². The Morgan fingerprint density at radius 2 is 1.58 bits per heavy atom. The molecule has 0 aliphatic carbocycles. The molecule has 2 N–H and O–H groups in total. The van der Waals surface area contributed by atoms with Crippen molar-refractivity contribution in [1.82, 2.24) is 10.6 Å². The molecule has 0 aromatic heterocycles. The topological polar surface area (TPSA) is 76.7 Å². The lowest BCUT2D eigenvalue weighted by atomic mass is 10.2. The lowest BCUT2D eigenvalue weighted by Gasteiger charge is -2.11. The van der Waals surface area contributed by atoms with Crippen LogP contribution in [0.15, 0.2) is 48.5 Å². The van der Waals surface area contributed by atoms with E-state index in [2.05, 4.69) is 10.6 Å². The normalized spacial score (nSPS) is 10.2. The van der Waals surface area contributed by atoms with E-state index in [0.29, 0.717) is 22.8 Å². The summed E-state index contributed by atoms with van der Waals surface area (Å²) in [5, 5.41) is 5.20. The molecule has 2 rings (SSSR count). The van der Waals surface area contributed by atoms with E-state index in [1.165, 1.54) is 0 Å². The number of rotatable bonds is 5. The van der Waals surface area contributed by atoms with Crippen LogP contribution in [-0.2, 0) is 0 Å². The van der Waals surface area contributed by atoms with E-state index in [1.807, 2.05) is 13.8 Å². The average molecular weight is 328 g/mol. The third-order valence-electron chi connectivity index (χ3n) is 2.98. The van der Waals surface area contributed by atoms with Crippen LogP contribution in [0.3, 0.4) is 0 Å². The molecule has 24 heavy (non-hydrogen) atoms. The van der Waals surface area contributed by atoms with E-state index in [9.17, 15) is 9.59 Å². The summed E-state index contributed by atoms with van der Waals surface area (Å²) in [5.74, 6) is 1.19. The number of hydrogen-bond acceptors (Lipinski definition) is 4. The molecule has 0 fully saturated rings. The molecule has 0 radical (unpaired) electrons. The van der Waals surface area contributed by atoms with Gasteiger partial charge in [-0.1, -0.05) is 12.1 Å². The molecule has 0 heterocycles. The van der Waals surface area contributed by atoms with Gasteiger partial charge in [0.1, 0.15) is 17.2 Å². The van der Waals surface area contributed by atoms with Crippen molar-refractivity contribution in [1.29, 1.82) is 0 Å². The summed E-state index contributed by atoms with van der Waals surface area (Å²) in [6, 6.07) is 13.5. The second-order valence-electron chi connectivity index (χ2n) is 5.37. The Labute approximate surface area is 140 Å². The molecule has 6 heteroatoms. The van der Waals surface area contributed by atoms with Crippen molar-refractivity contribution in [2.75, 3.05) is 7.05 Å². The number of nitrogens with one attached hydrogen (secondary N) is 2. The third-order valence-corrected chi connectivity index (χ3v) is 2.98. The van der Waals surface area contributed by atoms with Crippen LogP contribution in [0.1, 0.15) is 24.2 Å². The zero-order valence-electron chi connectivity index (χ0n) is 13.8. The molecule has 126 valence electrons. The Kier molecular flexibility index (Phi) is 5.78. The van der Waals surface area contributed by atoms with E-state index >= 15 is 0 Å². The summed E-state index contributed by atoms with van der Waals surface area (Å²) in [6.07, 6.45) is -0.524. The molecule has 0 aliphatic heterocycles. The maximum Gasteiger partial charge on any atom is 0.412 e. The summed E-state index contributed by atoms with van der Waals surface area (Å²) in [7, 11) is 1.57. The highest BCUT2D eigenvalue weighted by molar-refractivity contribution is 5.94. The maximum atomic E-state index is 11.7. The first-order valence-electron chi connectivity index (χ1n) is 7.56. The van der Waals surface area contributed by atoms with Crippen LogP contribution in [0.2, 0.25) is 0 Å². The van der Waals surface area contributed by atoms with E-state index in [-0.39, 0.29) is 11.9 Å². The monoisotopic (exact) mass is 328 g/mol. The zero-order chi connectivity index (χ0) is 17.5. The first kappa shape index (κ1) is 17.3. The first-order chi connectivity index (χ1) is 11.5. The van der Waals surface area contributed by atoms with Gasteiger partial charge in [0.05, 0.1) is 0 Å². The number of amides is 2. The molecule has 0 saturated heterocycles. The minimum Gasteiger partial charge on any atom is -0.457 e. The third kappa shape index (κ3) is 5.01. The predicted molar refractivity (Wildman–Crippen MR) is 90.6 cm³/mol. The molecule has 0 spiro atoms. The molecule has 2 aromatic rings. The van der Waals surface area contributed by atoms with Crippen molar-refractivity contribution in [3.63, 3.8) is 0 Å². The highest BCUT2D eigenvalue weighted by Gasteiger charge is 2.08. The lowest BCUT2D eigenvalue weighted by molar-refractivity contribution is 0.0962. The van der Waals surface area contributed by atoms with E-state index in [0.717, 1.165) is 0 Å². The highest BCUT2D eigenvalue weighted by atomic mass is 16.6. The standard InChI is InChI=1S/C18H20N2O4/c1-12(2)20-18(22)24-16-9-5-8-15(11-16)23-14-7-4-6-13(10-14)17(21)19-3/h4-12H,1-3H3,(H,19,21)(H,20,22). The summed E-state index contributed by atoms with van der Waals surface area (Å²) >= 11 is 0. The van der Waals surface area contributed by atoms with Crippen molar-refractivity contribution < 1.29 is 19.1 Å². The minimum absolute atomic E-state index is 0.00983. The average Bonchev–Trinajstić information content (AvgIpc) is 2.53. The van der Waals surface area contributed by atoms with E-state index in [4.69, 9.17) is 9.47 Å². The van der Waals surface area contributed by atoms with Crippen molar-refractivity contribution in [2.24, 2.45) is 0 Å². The van der Waals surface area contributed by atoms with Gasteiger partial charge in [0.2, 0.25) is 0 Å². The molecular formula is C18H20N2O4. The Morgan fingerprint density at radius 3 is 2.25 bits per heavy atom. The van der Waals surface area contributed by atoms with Crippen LogP contribution in [-0.4, -0.2) is 25.1 Å².